The minimum atomic E-state index is -0.492. The lowest BCUT2D eigenvalue weighted by Gasteiger charge is -2.55. The molecule has 1 saturated heterocycles. The van der Waals surface area contributed by atoms with Gasteiger partial charge < -0.3 is 14.9 Å². The third kappa shape index (κ3) is 5.66. The highest BCUT2D eigenvalue weighted by Gasteiger charge is 2.45. The fraction of sp³-hybridized carbons (Fsp3) is 1.00. The Morgan fingerprint density at radius 1 is 1.00 bits per heavy atom. The van der Waals surface area contributed by atoms with Gasteiger partial charge in [-0.25, -0.2) is 0 Å². The van der Waals surface area contributed by atoms with Crippen LogP contribution < -0.4 is 0 Å². The number of hydrogen-bond donors (Lipinski definition) is 2. The van der Waals surface area contributed by atoms with Crippen molar-refractivity contribution in [1.29, 1.82) is 0 Å². The first-order valence-electron chi connectivity index (χ1n) is 10.1. The normalized spacial score (nSPS) is 34.0. The molecular weight excluding hydrogens is 314 g/mol. The van der Waals surface area contributed by atoms with E-state index in [2.05, 4.69) is 53.4 Å². The molecule has 4 nitrogen and oxygen atoms in total. The summed E-state index contributed by atoms with van der Waals surface area (Å²) >= 11 is 0. The van der Waals surface area contributed by atoms with E-state index in [4.69, 9.17) is 4.74 Å². The lowest BCUT2D eigenvalue weighted by atomic mass is 9.71. The number of piperidine rings is 1. The summed E-state index contributed by atoms with van der Waals surface area (Å²) in [7, 11) is 0. The molecule has 1 heterocycles. The van der Waals surface area contributed by atoms with Crippen LogP contribution >= 0.6 is 0 Å². The van der Waals surface area contributed by atoms with Crippen molar-refractivity contribution in [2.75, 3.05) is 13.2 Å². The van der Waals surface area contributed by atoms with Crippen molar-refractivity contribution in [2.45, 2.75) is 110 Å². The molecule has 1 aliphatic carbocycles. The summed E-state index contributed by atoms with van der Waals surface area (Å²) in [5.41, 5.74) is 0.0905. The van der Waals surface area contributed by atoms with Gasteiger partial charge in [0, 0.05) is 17.6 Å². The zero-order chi connectivity index (χ0) is 19.0. The summed E-state index contributed by atoms with van der Waals surface area (Å²) in [6.07, 6.45) is 4.44. The van der Waals surface area contributed by atoms with Crippen LogP contribution in [0.2, 0.25) is 0 Å². The minimum absolute atomic E-state index is 0.122. The van der Waals surface area contributed by atoms with Gasteiger partial charge in [-0.2, -0.15) is 0 Å². The van der Waals surface area contributed by atoms with Crippen LogP contribution in [0.25, 0.3) is 0 Å². The fourth-order valence-electron chi connectivity index (χ4n) is 5.66. The van der Waals surface area contributed by atoms with E-state index in [0.29, 0.717) is 24.5 Å². The first-order valence-corrected chi connectivity index (χ1v) is 10.1. The van der Waals surface area contributed by atoms with E-state index in [-0.39, 0.29) is 23.3 Å². The second-order valence-corrected chi connectivity index (χ2v) is 10.8. The smallest absolute Gasteiger partial charge is 0.0900 e. The number of β-amino-alcohol motifs (C(OH)–C–C–N with tert-alkyl or cyclic N) is 1. The zero-order valence-corrected chi connectivity index (χ0v) is 17.5. The molecule has 3 unspecified atom stereocenters. The van der Waals surface area contributed by atoms with Crippen molar-refractivity contribution in [1.82, 2.24) is 4.90 Å². The summed E-state index contributed by atoms with van der Waals surface area (Å²) in [6.45, 7) is 16.6. The standard InChI is InChI=1S/C21H41NO3/c1-15-8-18(12-19(2,3)9-15)25-14-17(24)13-22-20(4,5)10-16(23)11-21(22,6)7/h15-18,23-24H,8-14H2,1-7H3. The van der Waals surface area contributed by atoms with Gasteiger partial charge in [0.25, 0.3) is 0 Å². The van der Waals surface area contributed by atoms with E-state index in [1.807, 2.05) is 0 Å². The van der Waals surface area contributed by atoms with Crippen LogP contribution in [0.15, 0.2) is 0 Å². The van der Waals surface area contributed by atoms with Crippen LogP contribution in [-0.4, -0.2) is 57.7 Å². The second kappa shape index (κ2) is 7.46. The summed E-state index contributed by atoms with van der Waals surface area (Å²) in [5.74, 6) is 0.687. The highest BCUT2D eigenvalue weighted by atomic mass is 16.5. The zero-order valence-electron chi connectivity index (χ0n) is 17.5. The fourth-order valence-corrected chi connectivity index (χ4v) is 5.66. The molecule has 0 aromatic heterocycles. The largest absolute Gasteiger partial charge is 0.393 e. The average Bonchev–Trinajstić information content (AvgIpc) is 2.37. The molecule has 0 aromatic rings. The van der Waals surface area contributed by atoms with E-state index in [1.54, 1.807) is 0 Å². The van der Waals surface area contributed by atoms with Gasteiger partial charge in [-0.1, -0.05) is 20.8 Å². The quantitative estimate of drug-likeness (QED) is 0.791. The lowest BCUT2D eigenvalue weighted by molar-refractivity contribution is -0.114. The number of aliphatic hydroxyl groups excluding tert-OH is 2. The summed E-state index contributed by atoms with van der Waals surface area (Å²) < 4.78 is 6.12. The first-order chi connectivity index (χ1) is 11.3. The maximum absolute atomic E-state index is 10.6. The van der Waals surface area contributed by atoms with E-state index in [9.17, 15) is 10.2 Å². The van der Waals surface area contributed by atoms with Gasteiger partial charge >= 0.3 is 0 Å². The van der Waals surface area contributed by atoms with Gasteiger partial charge in [-0.05, 0) is 71.1 Å². The van der Waals surface area contributed by atoms with E-state index in [0.717, 1.165) is 25.7 Å². The highest BCUT2D eigenvalue weighted by Crippen LogP contribution is 2.40. The molecule has 25 heavy (non-hydrogen) atoms. The molecule has 0 bridgehead atoms. The Bertz CT molecular complexity index is 428. The number of aliphatic hydroxyl groups is 2. The SMILES string of the molecule is CC1CC(OCC(O)CN2C(C)(C)CC(O)CC2(C)C)CC(C)(C)C1. The van der Waals surface area contributed by atoms with Crippen molar-refractivity contribution in [3.8, 4) is 0 Å². The monoisotopic (exact) mass is 355 g/mol. The molecule has 0 spiro atoms. The van der Waals surface area contributed by atoms with Crippen molar-refractivity contribution in [2.24, 2.45) is 11.3 Å². The Labute approximate surface area is 154 Å². The van der Waals surface area contributed by atoms with E-state index in [1.165, 1.54) is 6.42 Å². The van der Waals surface area contributed by atoms with Crippen LogP contribution in [0.1, 0.15) is 80.6 Å². The molecule has 2 aliphatic rings. The predicted octanol–water partition coefficient (Wildman–Crippen LogP) is 3.59. The van der Waals surface area contributed by atoms with Crippen molar-refractivity contribution in [3.05, 3.63) is 0 Å². The second-order valence-electron chi connectivity index (χ2n) is 10.8. The maximum Gasteiger partial charge on any atom is 0.0900 e. The first kappa shape index (κ1) is 21.1. The molecule has 2 rings (SSSR count). The molecular formula is C21H41NO3. The van der Waals surface area contributed by atoms with Crippen molar-refractivity contribution >= 4 is 0 Å². The van der Waals surface area contributed by atoms with Gasteiger partial charge in [0.2, 0.25) is 0 Å². The van der Waals surface area contributed by atoms with Gasteiger partial charge in [-0.3, -0.25) is 4.90 Å². The average molecular weight is 356 g/mol. The molecule has 2 fully saturated rings. The van der Waals surface area contributed by atoms with Crippen LogP contribution in [0.4, 0.5) is 0 Å². The number of hydrogen-bond acceptors (Lipinski definition) is 4. The molecule has 3 atom stereocenters. The van der Waals surface area contributed by atoms with Gasteiger partial charge in [0.15, 0.2) is 0 Å². The van der Waals surface area contributed by atoms with E-state index >= 15 is 0 Å². The summed E-state index contributed by atoms with van der Waals surface area (Å²) in [4.78, 5) is 2.36. The summed E-state index contributed by atoms with van der Waals surface area (Å²) in [6, 6.07) is 0. The number of rotatable bonds is 5. The lowest BCUT2D eigenvalue weighted by Crippen LogP contribution is -2.63. The molecule has 1 aliphatic heterocycles. The van der Waals surface area contributed by atoms with Gasteiger partial charge in [-0.15, -0.1) is 0 Å². The Balaban J connectivity index is 1.90. The molecule has 0 aromatic carbocycles. The highest BCUT2D eigenvalue weighted by molar-refractivity contribution is 5.00. The maximum atomic E-state index is 10.6. The molecule has 0 amide bonds. The number of nitrogens with zero attached hydrogens (tertiary/aromatic N) is 1. The van der Waals surface area contributed by atoms with Crippen LogP contribution in [0.5, 0.6) is 0 Å². The Morgan fingerprint density at radius 2 is 1.56 bits per heavy atom. The third-order valence-electron chi connectivity index (χ3n) is 6.20. The third-order valence-corrected chi connectivity index (χ3v) is 6.20. The van der Waals surface area contributed by atoms with Crippen molar-refractivity contribution in [3.63, 3.8) is 0 Å². The molecule has 1 saturated carbocycles. The topological polar surface area (TPSA) is 52.9 Å². The van der Waals surface area contributed by atoms with E-state index < -0.39 is 6.10 Å². The Morgan fingerprint density at radius 3 is 2.08 bits per heavy atom. The molecule has 0 radical (unpaired) electrons. The molecule has 4 heteroatoms. The Hall–Kier alpha value is -0.160. The Kier molecular flexibility index (Phi) is 6.31. The van der Waals surface area contributed by atoms with Gasteiger partial charge in [0.05, 0.1) is 24.9 Å². The number of ether oxygens (including phenoxy) is 1. The minimum Gasteiger partial charge on any atom is -0.393 e. The predicted molar refractivity (Wildman–Crippen MR) is 103 cm³/mol. The van der Waals surface area contributed by atoms with Crippen LogP contribution in [0.3, 0.4) is 0 Å². The van der Waals surface area contributed by atoms with Crippen LogP contribution in [-0.2, 0) is 4.74 Å². The van der Waals surface area contributed by atoms with Gasteiger partial charge in [0.1, 0.15) is 0 Å². The summed E-state index contributed by atoms with van der Waals surface area (Å²) in [5, 5.41) is 20.8. The number of likely N-dealkylation sites (tertiary alicyclic amines) is 1. The molecule has 2 N–H and O–H groups in total. The van der Waals surface area contributed by atoms with Crippen LogP contribution in [0, 0.1) is 11.3 Å². The molecule has 148 valence electrons. The van der Waals surface area contributed by atoms with Crippen molar-refractivity contribution < 1.29 is 14.9 Å².